The zero-order chi connectivity index (χ0) is 13.3. The van der Waals surface area contributed by atoms with E-state index in [9.17, 15) is 8.78 Å². The summed E-state index contributed by atoms with van der Waals surface area (Å²) < 4.78 is 27.5. The third-order valence-electron chi connectivity index (χ3n) is 2.73. The highest BCUT2D eigenvalue weighted by molar-refractivity contribution is 7.16. The van der Waals surface area contributed by atoms with E-state index < -0.39 is 17.7 Å². The van der Waals surface area contributed by atoms with Gasteiger partial charge in [-0.25, -0.2) is 8.78 Å². The highest BCUT2D eigenvalue weighted by atomic mass is 35.5. The van der Waals surface area contributed by atoms with Gasteiger partial charge in [0.15, 0.2) is 0 Å². The SMILES string of the molecule is Cc1cc(C(N)Cc2ccc(Cl)s2)c(F)cc1F. The molecule has 2 aromatic rings. The van der Waals surface area contributed by atoms with Crippen molar-refractivity contribution in [2.24, 2.45) is 5.73 Å². The van der Waals surface area contributed by atoms with E-state index in [0.717, 1.165) is 10.9 Å². The van der Waals surface area contributed by atoms with E-state index in [1.165, 1.54) is 17.4 Å². The summed E-state index contributed by atoms with van der Waals surface area (Å²) in [6.07, 6.45) is 0.485. The fraction of sp³-hybridized carbons (Fsp3) is 0.231. The molecule has 0 saturated heterocycles. The van der Waals surface area contributed by atoms with Crippen molar-refractivity contribution in [2.75, 3.05) is 0 Å². The second-order valence-electron chi connectivity index (χ2n) is 4.14. The number of aryl methyl sites for hydroxylation is 1. The number of hydrogen-bond acceptors (Lipinski definition) is 2. The number of halogens is 3. The van der Waals surface area contributed by atoms with Crippen LogP contribution in [0.25, 0.3) is 0 Å². The second-order valence-corrected chi connectivity index (χ2v) is 5.94. The first-order chi connectivity index (χ1) is 8.47. The Morgan fingerprint density at radius 2 is 2.00 bits per heavy atom. The van der Waals surface area contributed by atoms with E-state index in [-0.39, 0.29) is 0 Å². The van der Waals surface area contributed by atoms with Gasteiger partial charge in [-0.3, -0.25) is 0 Å². The van der Waals surface area contributed by atoms with Crippen molar-refractivity contribution in [2.45, 2.75) is 19.4 Å². The third kappa shape index (κ3) is 2.88. The van der Waals surface area contributed by atoms with Gasteiger partial charge < -0.3 is 5.73 Å². The minimum absolute atomic E-state index is 0.332. The maximum absolute atomic E-state index is 13.6. The maximum atomic E-state index is 13.6. The highest BCUT2D eigenvalue weighted by Gasteiger charge is 2.15. The number of nitrogens with two attached hydrogens (primary N) is 1. The maximum Gasteiger partial charge on any atom is 0.130 e. The molecule has 0 amide bonds. The van der Waals surface area contributed by atoms with E-state index in [2.05, 4.69) is 0 Å². The molecule has 1 atom stereocenters. The summed E-state index contributed by atoms with van der Waals surface area (Å²) in [7, 11) is 0. The molecule has 5 heteroatoms. The second kappa shape index (κ2) is 5.34. The van der Waals surface area contributed by atoms with Gasteiger partial charge in [-0.1, -0.05) is 11.6 Å². The summed E-state index contributed by atoms with van der Waals surface area (Å²) in [6.45, 7) is 1.59. The Morgan fingerprint density at radius 3 is 2.61 bits per heavy atom. The molecule has 0 aliphatic heterocycles. The first-order valence-corrected chi connectivity index (χ1v) is 6.62. The van der Waals surface area contributed by atoms with Crippen LogP contribution in [0.4, 0.5) is 8.78 Å². The van der Waals surface area contributed by atoms with Crippen molar-refractivity contribution in [1.29, 1.82) is 0 Å². The van der Waals surface area contributed by atoms with Crippen molar-refractivity contribution in [3.05, 3.63) is 56.2 Å². The van der Waals surface area contributed by atoms with Gasteiger partial charge in [0.05, 0.1) is 4.34 Å². The fourth-order valence-electron chi connectivity index (χ4n) is 1.75. The van der Waals surface area contributed by atoms with Crippen LogP contribution in [0.1, 0.15) is 22.0 Å². The molecule has 0 aliphatic carbocycles. The lowest BCUT2D eigenvalue weighted by Crippen LogP contribution is -2.15. The summed E-state index contributed by atoms with van der Waals surface area (Å²) in [5, 5.41) is 0. The fourth-order valence-corrected chi connectivity index (χ4v) is 2.90. The molecule has 0 saturated carbocycles. The van der Waals surface area contributed by atoms with Crippen molar-refractivity contribution in [3.8, 4) is 0 Å². The summed E-state index contributed by atoms with van der Waals surface area (Å²) in [4.78, 5) is 0.980. The largest absolute Gasteiger partial charge is 0.324 e. The van der Waals surface area contributed by atoms with Crippen LogP contribution in [0, 0.1) is 18.6 Å². The summed E-state index contributed by atoms with van der Waals surface area (Å²) in [5.41, 5.74) is 6.68. The normalized spacial score (nSPS) is 12.7. The molecule has 1 unspecified atom stereocenters. The molecule has 1 heterocycles. The average Bonchev–Trinajstić information content (AvgIpc) is 2.69. The number of hydrogen-bond donors (Lipinski definition) is 1. The predicted molar refractivity (Wildman–Crippen MR) is 71.1 cm³/mol. The molecule has 1 aromatic heterocycles. The Balaban J connectivity index is 2.23. The van der Waals surface area contributed by atoms with Gasteiger partial charge in [0.1, 0.15) is 11.6 Å². The number of thiophene rings is 1. The van der Waals surface area contributed by atoms with Crippen LogP contribution in [0.15, 0.2) is 24.3 Å². The standard InChI is InChI=1S/C13H12ClF2NS/c1-7-4-9(11(16)6-10(7)15)12(17)5-8-2-3-13(14)18-8/h2-4,6,12H,5,17H2,1H3. The topological polar surface area (TPSA) is 26.0 Å². The first kappa shape index (κ1) is 13.5. The Bertz CT molecular complexity index is 568. The first-order valence-electron chi connectivity index (χ1n) is 5.42. The van der Waals surface area contributed by atoms with Crippen LogP contribution >= 0.6 is 22.9 Å². The van der Waals surface area contributed by atoms with E-state index in [0.29, 0.717) is 21.9 Å². The molecule has 0 aliphatic rings. The quantitative estimate of drug-likeness (QED) is 0.898. The van der Waals surface area contributed by atoms with Gasteiger partial charge >= 0.3 is 0 Å². The molecule has 2 rings (SSSR count). The van der Waals surface area contributed by atoms with E-state index >= 15 is 0 Å². The van der Waals surface area contributed by atoms with Crippen LogP contribution in [0.5, 0.6) is 0 Å². The summed E-state index contributed by atoms with van der Waals surface area (Å²) in [6, 6.07) is 5.48. The minimum atomic E-state index is -0.603. The lowest BCUT2D eigenvalue weighted by Gasteiger charge is -2.13. The Morgan fingerprint density at radius 1 is 1.28 bits per heavy atom. The van der Waals surface area contributed by atoms with Gasteiger partial charge in [-0.2, -0.15) is 0 Å². The van der Waals surface area contributed by atoms with Crippen molar-refractivity contribution >= 4 is 22.9 Å². The average molecular weight is 288 g/mol. The number of rotatable bonds is 3. The van der Waals surface area contributed by atoms with Crippen LogP contribution in [0.3, 0.4) is 0 Å². The minimum Gasteiger partial charge on any atom is -0.324 e. The number of benzene rings is 1. The zero-order valence-electron chi connectivity index (χ0n) is 9.71. The van der Waals surface area contributed by atoms with Gasteiger partial charge in [0.2, 0.25) is 0 Å². The van der Waals surface area contributed by atoms with Crippen molar-refractivity contribution in [3.63, 3.8) is 0 Å². The van der Waals surface area contributed by atoms with Gasteiger partial charge in [0.25, 0.3) is 0 Å². The monoisotopic (exact) mass is 287 g/mol. The Hall–Kier alpha value is -0.970. The molecule has 0 fully saturated rings. The lowest BCUT2D eigenvalue weighted by atomic mass is 10.0. The van der Waals surface area contributed by atoms with Gasteiger partial charge in [-0.15, -0.1) is 11.3 Å². The molecule has 0 radical (unpaired) electrons. The summed E-state index contributed by atoms with van der Waals surface area (Å²) in [5.74, 6) is -1.16. The molecule has 1 nitrogen and oxygen atoms in total. The molecular weight excluding hydrogens is 276 g/mol. The van der Waals surface area contributed by atoms with Crippen LogP contribution < -0.4 is 5.73 Å². The smallest absolute Gasteiger partial charge is 0.130 e. The molecule has 2 N–H and O–H groups in total. The highest BCUT2D eigenvalue weighted by Crippen LogP contribution is 2.27. The molecule has 1 aromatic carbocycles. The third-order valence-corrected chi connectivity index (χ3v) is 3.98. The van der Waals surface area contributed by atoms with Crippen LogP contribution in [-0.4, -0.2) is 0 Å². The van der Waals surface area contributed by atoms with Crippen LogP contribution in [-0.2, 0) is 6.42 Å². The van der Waals surface area contributed by atoms with E-state index in [1.807, 2.05) is 6.07 Å². The van der Waals surface area contributed by atoms with Crippen molar-refractivity contribution in [1.82, 2.24) is 0 Å². The predicted octanol–water partition coefficient (Wildman–Crippen LogP) is 4.23. The van der Waals surface area contributed by atoms with E-state index in [4.69, 9.17) is 17.3 Å². The van der Waals surface area contributed by atoms with E-state index in [1.54, 1.807) is 13.0 Å². The summed E-state index contributed by atoms with van der Waals surface area (Å²) >= 11 is 7.23. The molecule has 0 bridgehead atoms. The lowest BCUT2D eigenvalue weighted by molar-refractivity contribution is 0.550. The zero-order valence-corrected chi connectivity index (χ0v) is 11.3. The van der Waals surface area contributed by atoms with Gasteiger partial charge in [-0.05, 0) is 30.7 Å². The Kier molecular flexibility index (Phi) is 4.00. The molecule has 0 spiro atoms. The molecule has 96 valence electrons. The molecule has 18 heavy (non-hydrogen) atoms. The Labute approximate surface area is 113 Å². The molecular formula is C13H12ClF2NS. The van der Waals surface area contributed by atoms with Crippen LogP contribution in [0.2, 0.25) is 4.34 Å². The van der Waals surface area contributed by atoms with Crippen molar-refractivity contribution < 1.29 is 8.78 Å². The van der Waals surface area contributed by atoms with Gasteiger partial charge in [0, 0.05) is 29.0 Å².